The minimum absolute atomic E-state index is 0.0421. The smallest absolute Gasteiger partial charge is 0.243 e. The summed E-state index contributed by atoms with van der Waals surface area (Å²) in [7, 11) is 0. The predicted octanol–water partition coefficient (Wildman–Crippen LogP) is 4.39. The van der Waals surface area contributed by atoms with Gasteiger partial charge in [0.15, 0.2) is 0 Å². The summed E-state index contributed by atoms with van der Waals surface area (Å²) >= 11 is 0. The number of allylic oxidation sites excluding steroid dienone is 2. The minimum Gasteiger partial charge on any atom is -0.340 e. The summed E-state index contributed by atoms with van der Waals surface area (Å²) < 4.78 is 0. The molecule has 1 aromatic rings. The number of hydrazone groups is 1. The van der Waals surface area contributed by atoms with E-state index in [9.17, 15) is 9.59 Å². The summed E-state index contributed by atoms with van der Waals surface area (Å²) in [5.41, 5.74) is 3.49. The number of carbonyl (C=O) groups is 2. The Kier molecular flexibility index (Phi) is 6.88. The van der Waals surface area contributed by atoms with Crippen LogP contribution in [0.1, 0.15) is 64.9 Å². The standard InChI is InChI=1S/C24H33N3O2/c1-19(2)8-7-14-24(3)15-13-22(28)26(18-24)16-17-27-23(29)12-11-21(25-27)20-9-5-4-6-10-20/h4-6,8-10H,7,11-18H2,1-3H3. The highest BCUT2D eigenvalue weighted by atomic mass is 16.2. The van der Waals surface area contributed by atoms with E-state index in [0.717, 1.165) is 37.1 Å². The van der Waals surface area contributed by atoms with E-state index >= 15 is 0 Å². The fourth-order valence-electron chi connectivity index (χ4n) is 4.14. The van der Waals surface area contributed by atoms with Crippen LogP contribution in [0.2, 0.25) is 0 Å². The number of carbonyl (C=O) groups excluding carboxylic acids is 2. The fraction of sp³-hybridized carbons (Fsp3) is 0.542. The second-order valence-corrected chi connectivity index (χ2v) is 8.88. The van der Waals surface area contributed by atoms with Crippen LogP contribution in [0, 0.1) is 5.41 Å². The molecule has 1 saturated heterocycles. The van der Waals surface area contributed by atoms with Gasteiger partial charge in [-0.1, -0.05) is 48.9 Å². The summed E-state index contributed by atoms with van der Waals surface area (Å²) in [6.45, 7) is 8.31. The molecule has 0 N–H and O–H groups in total. The molecule has 0 aliphatic carbocycles. The largest absolute Gasteiger partial charge is 0.340 e. The molecule has 1 fully saturated rings. The molecule has 1 atom stereocenters. The van der Waals surface area contributed by atoms with Crippen LogP contribution >= 0.6 is 0 Å². The molecular weight excluding hydrogens is 362 g/mol. The highest BCUT2D eigenvalue weighted by Crippen LogP contribution is 2.34. The van der Waals surface area contributed by atoms with Gasteiger partial charge in [-0.2, -0.15) is 5.10 Å². The molecule has 5 heteroatoms. The lowest BCUT2D eigenvalue weighted by Crippen LogP contribution is -2.48. The number of benzene rings is 1. The zero-order chi connectivity index (χ0) is 20.9. The van der Waals surface area contributed by atoms with E-state index in [1.54, 1.807) is 5.01 Å². The molecule has 0 spiro atoms. The van der Waals surface area contributed by atoms with Gasteiger partial charge in [0.2, 0.25) is 11.8 Å². The van der Waals surface area contributed by atoms with Crippen molar-refractivity contribution in [1.29, 1.82) is 0 Å². The molecule has 1 unspecified atom stereocenters. The molecular formula is C24H33N3O2. The van der Waals surface area contributed by atoms with Crippen LogP contribution < -0.4 is 0 Å². The molecule has 5 nitrogen and oxygen atoms in total. The monoisotopic (exact) mass is 395 g/mol. The predicted molar refractivity (Wildman–Crippen MR) is 117 cm³/mol. The van der Waals surface area contributed by atoms with Gasteiger partial charge < -0.3 is 4.90 Å². The molecule has 1 aromatic carbocycles. The summed E-state index contributed by atoms with van der Waals surface area (Å²) in [6.07, 6.45) is 7.09. The molecule has 0 radical (unpaired) electrons. The van der Waals surface area contributed by atoms with Crippen molar-refractivity contribution < 1.29 is 9.59 Å². The lowest BCUT2D eigenvalue weighted by molar-refractivity contribution is -0.139. The summed E-state index contributed by atoms with van der Waals surface area (Å²) in [4.78, 5) is 26.8. The van der Waals surface area contributed by atoms with E-state index in [0.29, 0.717) is 32.4 Å². The second kappa shape index (κ2) is 9.38. The van der Waals surface area contributed by atoms with Crippen molar-refractivity contribution in [2.24, 2.45) is 10.5 Å². The first-order valence-corrected chi connectivity index (χ1v) is 10.7. The number of rotatable bonds is 7. The van der Waals surface area contributed by atoms with Crippen molar-refractivity contribution in [3.8, 4) is 0 Å². The average molecular weight is 396 g/mol. The van der Waals surface area contributed by atoms with E-state index in [4.69, 9.17) is 0 Å². The number of piperidine rings is 1. The van der Waals surface area contributed by atoms with Crippen LogP contribution in [0.3, 0.4) is 0 Å². The van der Waals surface area contributed by atoms with Gasteiger partial charge in [-0.25, -0.2) is 5.01 Å². The molecule has 0 aromatic heterocycles. The molecule has 2 amide bonds. The van der Waals surface area contributed by atoms with Crippen LogP contribution in [-0.4, -0.2) is 47.1 Å². The molecule has 2 aliphatic heterocycles. The maximum atomic E-state index is 12.5. The summed E-state index contributed by atoms with van der Waals surface area (Å²) in [6, 6.07) is 10.0. The van der Waals surface area contributed by atoms with Crippen LogP contribution in [-0.2, 0) is 9.59 Å². The van der Waals surface area contributed by atoms with Gasteiger partial charge in [0.25, 0.3) is 0 Å². The van der Waals surface area contributed by atoms with Crippen molar-refractivity contribution in [1.82, 2.24) is 9.91 Å². The van der Waals surface area contributed by atoms with Crippen LogP contribution in [0.4, 0.5) is 0 Å². The number of likely N-dealkylation sites (tertiary alicyclic amines) is 1. The topological polar surface area (TPSA) is 53.0 Å². The van der Waals surface area contributed by atoms with Gasteiger partial charge >= 0.3 is 0 Å². The molecule has 0 saturated carbocycles. The number of hydrogen-bond acceptors (Lipinski definition) is 3. The van der Waals surface area contributed by atoms with E-state index in [1.165, 1.54) is 5.57 Å². The summed E-state index contributed by atoms with van der Waals surface area (Å²) in [5, 5.41) is 6.17. The third-order valence-electron chi connectivity index (χ3n) is 5.96. The molecule has 156 valence electrons. The second-order valence-electron chi connectivity index (χ2n) is 8.88. The average Bonchev–Trinajstić information content (AvgIpc) is 2.70. The Morgan fingerprint density at radius 3 is 2.55 bits per heavy atom. The lowest BCUT2D eigenvalue weighted by atomic mass is 9.77. The highest BCUT2D eigenvalue weighted by molar-refractivity contribution is 6.04. The summed E-state index contributed by atoms with van der Waals surface area (Å²) in [5.74, 6) is 0.238. The molecule has 3 rings (SSSR count). The van der Waals surface area contributed by atoms with Crippen molar-refractivity contribution >= 4 is 17.5 Å². The van der Waals surface area contributed by atoms with Crippen molar-refractivity contribution in [2.75, 3.05) is 19.6 Å². The third kappa shape index (κ3) is 5.78. The number of hydrogen-bond donors (Lipinski definition) is 0. The van der Waals surface area contributed by atoms with E-state index in [1.807, 2.05) is 35.2 Å². The first-order valence-electron chi connectivity index (χ1n) is 10.7. The van der Waals surface area contributed by atoms with Gasteiger partial charge in [-0.15, -0.1) is 0 Å². The van der Waals surface area contributed by atoms with Gasteiger partial charge in [-0.3, -0.25) is 9.59 Å². The molecule has 2 aliphatic rings. The zero-order valence-electron chi connectivity index (χ0n) is 18.0. The quantitative estimate of drug-likeness (QED) is 0.643. The Balaban J connectivity index is 1.61. The Morgan fingerprint density at radius 1 is 1.07 bits per heavy atom. The van der Waals surface area contributed by atoms with E-state index in [-0.39, 0.29) is 17.2 Å². The Morgan fingerprint density at radius 2 is 1.83 bits per heavy atom. The number of amides is 2. The lowest BCUT2D eigenvalue weighted by Gasteiger charge is -2.41. The molecule has 2 heterocycles. The van der Waals surface area contributed by atoms with Gasteiger partial charge in [0.1, 0.15) is 0 Å². The van der Waals surface area contributed by atoms with Gasteiger partial charge in [0.05, 0.1) is 12.3 Å². The van der Waals surface area contributed by atoms with Crippen molar-refractivity contribution in [3.05, 3.63) is 47.5 Å². The zero-order valence-corrected chi connectivity index (χ0v) is 18.0. The minimum atomic E-state index is 0.0421. The van der Waals surface area contributed by atoms with E-state index in [2.05, 4.69) is 31.9 Å². The van der Waals surface area contributed by atoms with Crippen LogP contribution in [0.25, 0.3) is 0 Å². The Hall–Kier alpha value is -2.43. The molecule has 29 heavy (non-hydrogen) atoms. The highest BCUT2D eigenvalue weighted by Gasteiger charge is 2.34. The maximum Gasteiger partial charge on any atom is 0.243 e. The SMILES string of the molecule is CC(C)=CCCC1(C)CCC(=O)N(CCN2N=C(c3ccccc3)CCC2=O)C1. The Bertz CT molecular complexity index is 796. The third-order valence-corrected chi connectivity index (χ3v) is 5.96. The van der Waals surface area contributed by atoms with Gasteiger partial charge in [0, 0.05) is 32.4 Å². The fourth-order valence-corrected chi connectivity index (χ4v) is 4.14. The van der Waals surface area contributed by atoms with Crippen LogP contribution in [0.15, 0.2) is 47.1 Å². The van der Waals surface area contributed by atoms with Crippen LogP contribution in [0.5, 0.6) is 0 Å². The number of nitrogens with zero attached hydrogens (tertiary/aromatic N) is 3. The first kappa shape index (κ1) is 21.3. The van der Waals surface area contributed by atoms with E-state index < -0.39 is 0 Å². The maximum absolute atomic E-state index is 12.5. The molecule has 0 bridgehead atoms. The normalized spacial score (nSPS) is 22.5. The van der Waals surface area contributed by atoms with Crippen molar-refractivity contribution in [3.63, 3.8) is 0 Å². The Labute approximate surface area is 174 Å². The van der Waals surface area contributed by atoms with Crippen molar-refractivity contribution in [2.45, 2.75) is 59.3 Å². The first-order chi connectivity index (χ1) is 13.9. The van der Waals surface area contributed by atoms with Gasteiger partial charge in [-0.05, 0) is 44.1 Å².